The first-order valence-electron chi connectivity index (χ1n) is 9.26. The van der Waals surface area contributed by atoms with Gasteiger partial charge >= 0.3 is 0 Å². The number of aryl methyl sites for hydroxylation is 2. The minimum Gasteiger partial charge on any atom is -0.494 e. The molecule has 2 aromatic heterocycles. The van der Waals surface area contributed by atoms with Crippen LogP contribution in [-0.4, -0.2) is 26.6 Å². The Bertz CT molecular complexity index is 1110. The van der Waals surface area contributed by atoms with E-state index in [0.29, 0.717) is 6.61 Å². The SMILES string of the molecule is CCOc1ccc(-n2nnc(-c3nc(-c4cc(C)ccc4C)cs3)c2C)cc1. The molecule has 0 aliphatic rings. The van der Waals surface area contributed by atoms with Crippen LogP contribution >= 0.6 is 11.3 Å². The Morgan fingerprint density at radius 2 is 1.82 bits per heavy atom. The van der Waals surface area contributed by atoms with Crippen molar-refractivity contribution in [2.45, 2.75) is 27.7 Å². The lowest BCUT2D eigenvalue weighted by atomic mass is 10.0. The summed E-state index contributed by atoms with van der Waals surface area (Å²) < 4.78 is 7.35. The lowest BCUT2D eigenvalue weighted by Gasteiger charge is -2.06. The van der Waals surface area contributed by atoms with Gasteiger partial charge in [0.2, 0.25) is 0 Å². The zero-order chi connectivity index (χ0) is 19.7. The molecule has 5 nitrogen and oxygen atoms in total. The third-order valence-corrected chi connectivity index (χ3v) is 5.51. The van der Waals surface area contributed by atoms with Crippen molar-refractivity contribution in [3.63, 3.8) is 0 Å². The average molecular weight is 391 g/mol. The molecule has 4 aromatic rings. The van der Waals surface area contributed by atoms with Crippen molar-refractivity contribution in [1.82, 2.24) is 20.0 Å². The summed E-state index contributed by atoms with van der Waals surface area (Å²) in [5.74, 6) is 0.849. The van der Waals surface area contributed by atoms with Gasteiger partial charge in [-0.2, -0.15) is 0 Å². The molecule has 0 unspecified atom stereocenters. The summed E-state index contributed by atoms with van der Waals surface area (Å²) in [6, 6.07) is 14.3. The Morgan fingerprint density at radius 3 is 2.57 bits per heavy atom. The number of aromatic nitrogens is 4. The van der Waals surface area contributed by atoms with E-state index in [-0.39, 0.29) is 0 Å². The number of nitrogens with zero attached hydrogens (tertiary/aromatic N) is 4. The Hall–Kier alpha value is -2.99. The molecule has 0 atom stereocenters. The first kappa shape index (κ1) is 18.4. The Kier molecular flexibility index (Phi) is 4.96. The van der Waals surface area contributed by atoms with E-state index >= 15 is 0 Å². The number of hydrogen-bond acceptors (Lipinski definition) is 5. The van der Waals surface area contributed by atoms with Crippen LogP contribution in [0.5, 0.6) is 5.75 Å². The van der Waals surface area contributed by atoms with Gasteiger partial charge in [-0.1, -0.05) is 22.9 Å². The van der Waals surface area contributed by atoms with E-state index in [1.165, 1.54) is 16.7 Å². The van der Waals surface area contributed by atoms with Crippen LogP contribution in [0.15, 0.2) is 47.8 Å². The zero-order valence-electron chi connectivity index (χ0n) is 16.4. The van der Waals surface area contributed by atoms with Gasteiger partial charge in [-0.15, -0.1) is 16.4 Å². The second kappa shape index (κ2) is 7.56. The average Bonchev–Trinajstić information content (AvgIpc) is 3.31. The molecule has 142 valence electrons. The van der Waals surface area contributed by atoms with Crippen LogP contribution in [0.1, 0.15) is 23.7 Å². The first-order valence-corrected chi connectivity index (χ1v) is 10.1. The lowest BCUT2D eigenvalue weighted by Crippen LogP contribution is -1.99. The Labute approximate surface area is 168 Å². The van der Waals surface area contributed by atoms with Gasteiger partial charge in [-0.3, -0.25) is 0 Å². The molecule has 28 heavy (non-hydrogen) atoms. The normalized spacial score (nSPS) is 11.0. The predicted molar refractivity (Wildman–Crippen MR) is 113 cm³/mol. The van der Waals surface area contributed by atoms with E-state index in [2.05, 4.69) is 47.7 Å². The third-order valence-electron chi connectivity index (χ3n) is 4.66. The highest BCUT2D eigenvalue weighted by Gasteiger charge is 2.16. The molecule has 0 saturated heterocycles. The van der Waals surface area contributed by atoms with Crippen LogP contribution in [0, 0.1) is 20.8 Å². The maximum absolute atomic E-state index is 5.51. The molecule has 0 amide bonds. The van der Waals surface area contributed by atoms with Crippen LogP contribution < -0.4 is 4.74 Å². The number of rotatable bonds is 5. The number of benzene rings is 2. The molecule has 2 aromatic carbocycles. The van der Waals surface area contributed by atoms with Crippen LogP contribution in [0.25, 0.3) is 27.6 Å². The second-order valence-electron chi connectivity index (χ2n) is 6.72. The van der Waals surface area contributed by atoms with Crippen LogP contribution in [0.4, 0.5) is 0 Å². The molecule has 2 heterocycles. The van der Waals surface area contributed by atoms with Crippen LogP contribution in [-0.2, 0) is 0 Å². The van der Waals surface area contributed by atoms with Gasteiger partial charge < -0.3 is 4.74 Å². The van der Waals surface area contributed by atoms with E-state index in [4.69, 9.17) is 9.72 Å². The summed E-state index contributed by atoms with van der Waals surface area (Å²) in [4.78, 5) is 4.84. The fourth-order valence-corrected chi connectivity index (χ4v) is 3.99. The van der Waals surface area contributed by atoms with E-state index < -0.39 is 0 Å². The molecule has 0 N–H and O–H groups in total. The molecule has 4 rings (SSSR count). The zero-order valence-corrected chi connectivity index (χ0v) is 17.2. The van der Waals surface area contributed by atoms with Gasteiger partial charge in [0.05, 0.1) is 23.7 Å². The number of thiazole rings is 1. The molecule has 0 spiro atoms. The predicted octanol–water partition coefficient (Wildman–Crippen LogP) is 5.38. The van der Waals surface area contributed by atoms with E-state index in [0.717, 1.165) is 33.5 Å². The molecule has 0 aliphatic heterocycles. The summed E-state index contributed by atoms with van der Waals surface area (Å²) in [6.45, 7) is 8.86. The summed E-state index contributed by atoms with van der Waals surface area (Å²) in [7, 11) is 0. The maximum atomic E-state index is 5.51. The fourth-order valence-electron chi connectivity index (χ4n) is 3.14. The summed E-state index contributed by atoms with van der Waals surface area (Å²) >= 11 is 1.60. The molecule has 0 fully saturated rings. The Morgan fingerprint density at radius 1 is 1.04 bits per heavy atom. The van der Waals surface area contributed by atoms with Crippen molar-refractivity contribution in [3.05, 3.63) is 64.7 Å². The highest BCUT2D eigenvalue weighted by Crippen LogP contribution is 2.32. The minimum atomic E-state index is 0.651. The molecule has 0 bridgehead atoms. The number of hydrogen-bond donors (Lipinski definition) is 0. The summed E-state index contributed by atoms with van der Waals surface area (Å²) in [5, 5.41) is 11.7. The van der Waals surface area contributed by atoms with Crippen molar-refractivity contribution in [2.75, 3.05) is 6.61 Å². The van der Waals surface area contributed by atoms with Crippen molar-refractivity contribution in [2.24, 2.45) is 0 Å². The van der Waals surface area contributed by atoms with Gasteiger partial charge in [-0.05, 0) is 63.6 Å². The van der Waals surface area contributed by atoms with E-state index in [1.54, 1.807) is 11.3 Å². The molecular weight excluding hydrogens is 368 g/mol. The minimum absolute atomic E-state index is 0.651. The lowest BCUT2D eigenvalue weighted by molar-refractivity contribution is 0.340. The van der Waals surface area contributed by atoms with Crippen molar-refractivity contribution in [1.29, 1.82) is 0 Å². The third kappa shape index (κ3) is 3.43. The summed E-state index contributed by atoms with van der Waals surface area (Å²) in [5.41, 5.74) is 7.33. The van der Waals surface area contributed by atoms with Crippen molar-refractivity contribution in [3.8, 4) is 33.4 Å². The Balaban J connectivity index is 1.66. The second-order valence-corrected chi connectivity index (χ2v) is 7.58. The van der Waals surface area contributed by atoms with Gasteiger partial charge in [0.25, 0.3) is 0 Å². The smallest absolute Gasteiger partial charge is 0.146 e. The van der Waals surface area contributed by atoms with E-state index in [9.17, 15) is 0 Å². The van der Waals surface area contributed by atoms with Gasteiger partial charge in [0, 0.05) is 10.9 Å². The first-order chi connectivity index (χ1) is 13.6. The van der Waals surface area contributed by atoms with Gasteiger partial charge in [0.15, 0.2) is 0 Å². The molecule has 0 radical (unpaired) electrons. The van der Waals surface area contributed by atoms with Gasteiger partial charge in [0.1, 0.15) is 16.5 Å². The van der Waals surface area contributed by atoms with Gasteiger partial charge in [-0.25, -0.2) is 9.67 Å². The molecular formula is C22H22N4OS. The molecule has 0 aliphatic carbocycles. The number of ether oxygens (including phenoxy) is 1. The molecule has 0 saturated carbocycles. The highest BCUT2D eigenvalue weighted by molar-refractivity contribution is 7.13. The van der Waals surface area contributed by atoms with Crippen LogP contribution in [0.2, 0.25) is 0 Å². The fraction of sp³-hybridized carbons (Fsp3) is 0.227. The largest absolute Gasteiger partial charge is 0.494 e. The molecule has 6 heteroatoms. The highest BCUT2D eigenvalue weighted by atomic mass is 32.1. The monoisotopic (exact) mass is 390 g/mol. The van der Waals surface area contributed by atoms with E-state index in [1.807, 2.05) is 42.8 Å². The van der Waals surface area contributed by atoms with Crippen LogP contribution in [0.3, 0.4) is 0 Å². The standard InChI is InChI=1S/C22H22N4OS/c1-5-27-18-10-8-17(9-11-18)26-16(4)21(24-25-26)22-23-20(13-28-22)19-12-14(2)6-7-15(19)3/h6-13H,5H2,1-4H3. The summed E-state index contributed by atoms with van der Waals surface area (Å²) in [6.07, 6.45) is 0. The quantitative estimate of drug-likeness (QED) is 0.459. The van der Waals surface area contributed by atoms with Crippen molar-refractivity contribution >= 4 is 11.3 Å². The van der Waals surface area contributed by atoms with Crippen molar-refractivity contribution < 1.29 is 4.74 Å². The maximum Gasteiger partial charge on any atom is 0.146 e. The topological polar surface area (TPSA) is 52.8 Å².